The van der Waals surface area contributed by atoms with Gasteiger partial charge in [-0.3, -0.25) is 9.69 Å². The number of carbonyl (C=O) groups excluding carboxylic acids is 1. The van der Waals surface area contributed by atoms with Crippen molar-refractivity contribution in [1.29, 1.82) is 0 Å². The van der Waals surface area contributed by atoms with Crippen molar-refractivity contribution in [3.05, 3.63) is 53.1 Å². The molecule has 1 amide bonds. The van der Waals surface area contributed by atoms with Gasteiger partial charge in [0, 0.05) is 17.3 Å². The molecule has 0 aromatic heterocycles. The summed E-state index contributed by atoms with van der Waals surface area (Å²) in [6, 6.07) is 14.2. The van der Waals surface area contributed by atoms with E-state index in [9.17, 15) is 4.79 Å². The number of amides is 1. The van der Waals surface area contributed by atoms with Crippen LogP contribution in [0.15, 0.2) is 42.5 Å². The summed E-state index contributed by atoms with van der Waals surface area (Å²) in [6.45, 7) is 3.30. The SMILES string of the molecule is O=C1Nc2ccc(Cl)cc2C12CCN(CCOc1ccc([B]C3CCC3)cc1)CC2. The molecule has 2 aromatic carbocycles. The van der Waals surface area contributed by atoms with Crippen molar-refractivity contribution in [1.82, 2.24) is 4.90 Å². The molecule has 2 aromatic rings. The van der Waals surface area contributed by atoms with E-state index in [0.717, 1.165) is 55.3 Å². The van der Waals surface area contributed by atoms with Crippen LogP contribution >= 0.6 is 11.6 Å². The molecule has 1 saturated carbocycles. The number of benzene rings is 2. The Morgan fingerprint density at radius 3 is 2.60 bits per heavy atom. The van der Waals surface area contributed by atoms with E-state index in [4.69, 9.17) is 16.3 Å². The first-order chi connectivity index (χ1) is 14.6. The Morgan fingerprint density at radius 1 is 1.13 bits per heavy atom. The van der Waals surface area contributed by atoms with Crippen molar-refractivity contribution < 1.29 is 9.53 Å². The summed E-state index contributed by atoms with van der Waals surface area (Å²) in [5.74, 6) is 1.81. The molecule has 2 heterocycles. The van der Waals surface area contributed by atoms with Crippen LogP contribution < -0.4 is 15.5 Å². The van der Waals surface area contributed by atoms with Crippen molar-refractivity contribution in [3.63, 3.8) is 0 Å². The van der Waals surface area contributed by atoms with Gasteiger partial charge in [0.15, 0.2) is 7.28 Å². The number of fused-ring (bicyclic) bond motifs is 2. The number of nitrogens with one attached hydrogen (secondary N) is 1. The molecule has 4 nitrogen and oxygen atoms in total. The molecule has 0 atom stereocenters. The number of rotatable bonds is 6. The van der Waals surface area contributed by atoms with Crippen LogP contribution in [0.25, 0.3) is 0 Å². The highest BCUT2D eigenvalue weighted by molar-refractivity contribution is 6.55. The molecule has 2 fully saturated rings. The molecule has 1 radical (unpaired) electrons. The first kappa shape index (κ1) is 20.0. The average Bonchev–Trinajstić information content (AvgIpc) is 2.98. The Bertz CT molecular complexity index is 921. The molecular formula is C24H27BClN2O2. The topological polar surface area (TPSA) is 41.6 Å². The quantitative estimate of drug-likeness (QED) is 0.717. The monoisotopic (exact) mass is 421 g/mol. The van der Waals surface area contributed by atoms with Crippen LogP contribution in [0.3, 0.4) is 0 Å². The number of hydrogen-bond donors (Lipinski definition) is 1. The second kappa shape index (κ2) is 8.28. The van der Waals surface area contributed by atoms with E-state index < -0.39 is 5.41 Å². The highest BCUT2D eigenvalue weighted by Crippen LogP contribution is 2.45. The minimum Gasteiger partial charge on any atom is -0.492 e. The van der Waals surface area contributed by atoms with Crippen LogP contribution in [0.4, 0.5) is 5.69 Å². The summed E-state index contributed by atoms with van der Waals surface area (Å²) < 4.78 is 5.97. The Morgan fingerprint density at radius 2 is 1.90 bits per heavy atom. The Labute approximate surface area is 184 Å². The molecule has 5 rings (SSSR count). The maximum Gasteiger partial charge on any atom is 0.235 e. The van der Waals surface area contributed by atoms with E-state index >= 15 is 0 Å². The lowest BCUT2D eigenvalue weighted by molar-refractivity contribution is -0.122. The third-order valence-corrected chi connectivity index (χ3v) is 7.26. The minimum absolute atomic E-state index is 0.120. The highest BCUT2D eigenvalue weighted by atomic mass is 35.5. The number of carbonyl (C=O) groups is 1. The maximum absolute atomic E-state index is 12.7. The van der Waals surface area contributed by atoms with Gasteiger partial charge in [0.2, 0.25) is 5.91 Å². The number of halogens is 1. The normalized spacial score (nSPS) is 20.5. The van der Waals surface area contributed by atoms with Crippen LogP contribution in [0.5, 0.6) is 5.75 Å². The smallest absolute Gasteiger partial charge is 0.235 e. The lowest BCUT2D eigenvalue weighted by atomic mass is 9.52. The van der Waals surface area contributed by atoms with Gasteiger partial charge in [-0.1, -0.05) is 54.3 Å². The van der Waals surface area contributed by atoms with Gasteiger partial charge in [-0.15, -0.1) is 0 Å². The van der Waals surface area contributed by atoms with Crippen molar-refractivity contribution in [2.24, 2.45) is 0 Å². The molecule has 0 unspecified atom stereocenters. The molecule has 3 aliphatic rings. The first-order valence-corrected chi connectivity index (χ1v) is 11.4. The summed E-state index contributed by atoms with van der Waals surface area (Å²) >= 11 is 6.21. The van der Waals surface area contributed by atoms with Gasteiger partial charge in [0.05, 0.1) is 5.41 Å². The van der Waals surface area contributed by atoms with Crippen molar-refractivity contribution >= 4 is 35.9 Å². The molecule has 1 spiro atoms. The molecule has 6 heteroatoms. The zero-order valence-corrected chi connectivity index (χ0v) is 18.0. The maximum atomic E-state index is 12.7. The Hall–Kier alpha value is -1.98. The van der Waals surface area contributed by atoms with E-state index in [0.29, 0.717) is 11.6 Å². The predicted octanol–water partition coefficient (Wildman–Crippen LogP) is 4.01. The molecule has 2 aliphatic heterocycles. The zero-order valence-electron chi connectivity index (χ0n) is 17.2. The fourth-order valence-electron chi connectivity index (χ4n) is 4.89. The summed E-state index contributed by atoms with van der Waals surface area (Å²) in [6.07, 6.45) is 5.66. The van der Waals surface area contributed by atoms with Gasteiger partial charge in [-0.25, -0.2) is 0 Å². The standard InChI is InChI=1S/C24H27BClN2O2/c26-19-6-9-22-21(16-19)24(23(29)27-22)10-12-28(13-11-24)14-15-30-20-7-4-18(5-8-20)25-17-2-1-3-17/h4-9,16-17H,1-3,10-15H2,(H,27,29). The van der Waals surface area contributed by atoms with Gasteiger partial charge in [0.1, 0.15) is 12.4 Å². The van der Waals surface area contributed by atoms with Gasteiger partial charge >= 0.3 is 0 Å². The van der Waals surface area contributed by atoms with Crippen LogP contribution in [-0.2, 0) is 10.2 Å². The van der Waals surface area contributed by atoms with Crippen molar-refractivity contribution in [2.45, 2.75) is 43.3 Å². The summed E-state index contributed by atoms with van der Waals surface area (Å²) in [7, 11) is 2.38. The third-order valence-electron chi connectivity index (χ3n) is 7.02. The molecule has 0 bridgehead atoms. The lowest BCUT2D eigenvalue weighted by Gasteiger charge is -2.38. The van der Waals surface area contributed by atoms with Gasteiger partial charge < -0.3 is 10.1 Å². The fraction of sp³-hybridized carbons (Fsp3) is 0.458. The van der Waals surface area contributed by atoms with Crippen molar-refractivity contribution in [3.8, 4) is 5.75 Å². The van der Waals surface area contributed by atoms with Crippen LogP contribution in [0, 0.1) is 0 Å². The predicted molar refractivity (Wildman–Crippen MR) is 122 cm³/mol. The second-order valence-corrected chi connectivity index (χ2v) is 9.28. The highest BCUT2D eigenvalue weighted by Gasteiger charge is 2.48. The molecule has 155 valence electrons. The molecule has 1 N–H and O–H groups in total. The number of anilines is 1. The largest absolute Gasteiger partial charge is 0.492 e. The molecule has 30 heavy (non-hydrogen) atoms. The van der Waals surface area contributed by atoms with Gasteiger partial charge in [0.25, 0.3) is 0 Å². The fourth-order valence-corrected chi connectivity index (χ4v) is 5.06. The molecular weight excluding hydrogens is 395 g/mol. The average molecular weight is 422 g/mol. The third kappa shape index (κ3) is 3.85. The Kier molecular flexibility index (Phi) is 5.51. The summed E-state index contributed by atoms with van der Waals surface area (Å²) in [5, 5.41) is 3.74. The van der Waals surface area contributed by atoms with E-state index in [2.05, 4.69) is 41.8 Å². The van der Waals surface area contributed by atoms with E-state index in [1.807, 2.05) is 18.2 Å². The van der Waals surface area contributed by atoms with Crippen molar-refractivity contribution in [2.75, 3.05) is 31.6 Å². The number of nitrogens with zero attached hydrogens (tertiary/aromatic N) is 1. The van der Waals surface area contributed by atoms with Crippen LogP contribution in [-0.4, -0.2) is 44.3 Å². The van der Waals surface area contributed by atoms with E-state index in [-0.39, 0.29) is 5.91 Å². The van der Waals surface area contributed by atoms with E-state index in [1.165, 1.54) is 24.7 Å². The minimum atomic E-state index is -0.426. The molecule has 1 aliphatic carbocycles. The van der Waals surface area contributed by atoms with Crippen LogP contribution in [0.1, 0.15) is 37.7 Å². The number of ether oxygens (including phenoxy) is 1. The van der Waals surface area contributed by atoms with Gasteiger partial charge in [-0.2, -0.15) is 0 Å². The molecule has 1 saturated heterocycles. The van der Waals surface area contributed by atoms with Crippen LogP contribution in [0.2, 0.25) is 10.8 Å². The first-order valence-electron chi connectivity index (χ1n) is 11.0. The second-order valence-electron chi connectivity index (χ2n) is 8.84. The zero-order chi connectivity index (χ0) is 20.6. The lowest BCUT2D eigenvalue weighted by Crippen LogP contribution is -2.47. The van der Waals surface area contributed by atoms with Gasteiger partial charge in [-0.05, 0) is 61.8 Å². The van der Waals surface area contributed by atoms with E-state index in [1.54, 1.807) is 0 Å². The Balaban J connectivity index is 1.11. The number of hydrogen-bond acceptors (Lipinski definition) is 3. The number of piperidine rings is 1. The summed E-state index contributed by atoms with van der Waals surface area (Å²) in [4.78, 5) is 15.1. The summed E-state index contributed by atoms with van der Waals surface area (Å²) in [5.41, 5.74) is 2.85. The number of likely N-dealkylation sites (tertiary alicyclic amines) is 1.